The fourth-order valence-corrected chi connectivity index (χ4v) is 2.56. The highest BCUT2D eigenvalue weighted by molar-refractivity contribution is 5.86. The first-order valence-corrected chi connectivity index (χ1v) is 6.96. The third kappa shape index (κ3) is 2.74. The highest BCUT2D eigenvalue weighted by atomic mass is 16.5. The molecule has 1 heterocycles. The summed E-state index contributed by atoms with van der Waals surface area (Å²) in [6.07, 6.45) is 2.06. The molecule has 0 aliphatic heterocycles. The summed E-state index contributed by atoms with van der Waals surface area (Å²) in [7, 11) is 0. The van der Waals surface area contributed by atoms with Crippen LogP contribution in [0.2, 0.25) is 0 Å². The Bertz CT molecular complexity index is 742. The summed E-state index contributed by atoms with van der Waals surface area (Å²) in [5.41, 5.74) is 0.957. The second kappa shape index (κ2) is 5.55. The average Bonchev–Trinajstić information content (AvgIpc) is 2.78. The molecule has 1 aliphatic rings. The first-order chi connectivity index (χ1) is 10.1. The van der Waals surface area contributed by atoms with Crippen LogP contribution >= 0.6 is 0 Å². The maximum atomic E-state index is 11.9. The predicted octanol–water partition coefficient (Wildman–Crippen LogP) is 1.65. The van der Waals surface area contributed by atoms with E-state index in [0.29, 0.717) is 23.9 Å². The quantitative estimate of drug-likeness (QED) is 0.803. The number of rotatable bonds is 3. The molecule has 1 aromatic carbocycles. The Morgan fingerprint density at radius 1 is 1.29 bits per heavy atom. The summed E-state index contributed by atoms with van der Waals surface area (Å²) < 4.78 is 11.4. The van der Waals surface area contributed by atoms with Gasteiger partial charge in [0.2, 0.25) is 0 Å². The van der Waals surface area contributed by atoms with Crippen molar-refractivity contribution in [3.63, 3.8) is 0 Å². The number of carbonyl (C=O) groups is 2. The first kappa shape index (κ1) is 13.6. The molecule has 1 aromatic heterocycles. The standard InChI is InChI=1S/C15H15NO5/c17-11-6-2-4-8-13(11)20-14(18)9-16-10-5-1-3-7-12(10)21-15(16)19/h1,3,5,7,13H,2,4,6,8-9H2/t13-/m1/s1. The van der Waals surface area contributed by atoms with Crippen LogP contribution in [0, 0.1) is 0 Å². The van der Waals surface area contributed by atoms with Gasteiger partial charge >= 0.3 is 11.7 Å². The molecule has 2 aromatic rings. The molecule has 1 atom stereocenters. The van der Waals surface area contributed by atoms with Crippen molar-refractivity contribution < 1.29 is 18.7 Å². The number of aromatic nitrogens is 1. The van der Waals surface area contributed by atoms with Gasteiger partial charge in [0, 0.05) is 6.42 Å². The molecule has 0 unspecified atom stereocenters. The average molecular weight is 289 g/mol. The van der Waals surface area contributed by atoms with E-state index in [-0.39, 0.29) is 12.3 Å². The van der Waals surface area contributed by atoms with Gasteiger partial charge in [-0.05, 0) is 31.4 Å². The summed E-state index contributed by atoms with van der Waals surface area (Å²) in [6, 6.07) is 6.85. The van der Waals surface area contributed by atoms with E-state index in [1.165, 1.54) is 4.57 Å². The zero-order chi connectivity index (χ0) is 14.8. The van der Waals surface area contributed by atoms with Crippen LogP contribution in [0.5, 0.6) is 0 Å². The van der Waals surface area contributed by atoms with E-state index >= 15 is 0 Å². The monoisotopic (exact) mass is 289 g/mol. The SMILES string of the molecule is O=C(Cn1c(=O)oc2ccccc21)O[C@@H]1CCCCC1=O. The van der Waals surface area contributed by atoms with Gasteiger partial charge < -0.3 is 9.15 Å². The molecule has 21 heavy (non-hydrogen) atoms. The fraction of sp³-hybridized carbons (Fsp3) is 0.400. The molecule has 3 rings (SSSR count). The van der Waals surface area contributed by atoms with Gasteiger partial charge in [0.25, 0.3) is 0 Å². The lowest BCUT2D eigenvalue weighted by Crippen LogP contribution is -2.32. The third-order valence-electron chi connectivity index (χ3n) is 3.63. The van der Waals surface area contributed by atoms with Crippen LogP contribution in [-0.2, 0) is 20.9 Å². The molecule has 6 nitrogen and oxygen atoms in total. The zero-order valence-electron chi connectivity index (χ0n) is 11.4. The van der Waals surface area contributed by atoms with E-state index in [0.717, 1.165) is 12.8 Å². The Morgan fingerprint density at radius 2 is 2.10 bits per heavy atom. The van der Waals surface area contributed by atoms with E-state index in [1.807, 2.05) is 0 Å². The van der Waals surface area contributed by atoms with Gasteiger partial charge in [-0.2, -0.15) is 0 Å². The van der Waals surface area contributed by atoms with Gasteiger partial charge in [-0.15, -0.1) is 0 Å². The molecule has 0 amide bonds. The van der Waals surface area contributed by atoms with Crippen LogP contribution in [0.4, 0.5) is 0 Å². The number of ketones is 1. The molecule has 0 radical (unpaired) electrons. The number of hydrogen-bond acceptors (Lipinski definition) is 5. The number of fused-ring (bicyclic) bond motifs is 1. The third-order valence-corrected chi connectivity index (χ3v) is 3.63. The van der Waals surface area contributed by atoms with Crippen LogP contribution < -0.4 is 5.76 Å². The van der Waals surface area contributed by atoms with E-state index in [9.17, 15) is 14.4 Å². The van der Waals surface area contributed by atoms with Crippen molar-refractivity contribution in [2.75, 3.05) is 0 Å². The number of carbonyl (C=O) groups excluding carboxylic acids is 2. The van der Waals surface area contributed by atoms with Gasteiger partial charge in [-0.1, -0.05) is 12.1 Å². The minimum Gasteiger partial charge on any atom is -0.453 e. The minimum atomic E-state index is -0.667. The summed E-state index contributed by atoms with van der Waals surface area (Å²) in [4.78, 5) is 35.3. The Morgan fingerprint density at radius 3 is 2.90 bits per heavy atom. The highest BCUT2D eigenvalue weighted by Crippen LogP contribution is 2.18. The van der Waals surface area contributed by atoms with E-state index < -0.39 is 17.8 Å². The van der Waals surface area contributed by atoms with Crippen molar-refractivity contribution in [1.82, 2.24) is 4.57 Å². The number of esters is 1. The Balaban J connectivity index is 1.76. The van der Waals surface area contributed by atoms with Crippen LogP contribution in [0.3, 0.4) is 0 Å². The largest absolute Gasteiger partial charge is 0.453 e. The predicted molar refractivity (Wildman–Crippen MR) is 73.8 cm³/mol. The number of benzene rings is 1. The second-order valence-corrected chi connectivity index (χ2v) is 5.11. The molecule has 1 saturated carbocycles. The van der Waals surface area contributed by atoms with Crippen molar-refractivity contribution in [3.8, 4) is 0 Å². The van der Waals surface area contributed by atoms with Gasteiger partial charge in [-0.25, -0.2) is 4.79 Å². The van der Waals surface area contributed by atoms with Gasteiger partial charge in [0.05, 0.1) is 5.52 Å². The topological polar surface area (TPSA) is 78.5 Å². The van der Waals surface area contributed by atoms with Crippen molar-refractivity contribution in [2.24, 2.45) is 0 Å². The number of oxazole rings is 1. The minimum absolute atomic E-state index is 0.0426. The van der Waals surface area contributed by atoms with E-state index in [4.69, 9.17) is 9.15 Å². The summed E-state index contributed by atoms with van der Waals surface area (Å²) >= 11 is 0. The van der Waals surface area contributed by atoms with Gasteiger partial charge in [-0.3, -0.25) is 14.2 Å². The molecule has 0 saturated heterocycles. The lowest BCUT2D eigenvalue weighted by atomic mass is 9.96. The summed E-state index contributed by atoms with van der Waals surface area (Å²) in [5, 5.41) is 0. The summed E-state index contributed by atoms with van der Waals surface area (Å²) in [6.45, 7) is -0.250. The molecular weight excluding hydrogens is 274 g/mol. The molecule has 1 fully saturated rings. The van der Waals surface area contributed by atoms with Crippen molar-refractivity contribution in [2.45, 2.75) is 38.3 Å². The van der Waals surface area contributed by atoms with E-state index in [2.05, 4.69) is 0 Å². The van der Waals surface area contributed by atoms with Crippen molar-refractivity contribution in [3.05, 3.63) is 34.8 Å². The number of nitrogens with zero attached hydrogens (tertiary/aromatic N) is 1. The van der Waals surface area contributed by atoms with Gasteiger partial charge in [0.1, 0.15) is 6.54 Å². The number of ether oxygens (including phenoxy) is 1. The molecular formula is C15H15NO5. The molecule has 110 valence electrons. The van der Waals surface area contributed by atoms with Crippen LogP contribution in [-0.4, -0.2) is 22.4 Å². The normalized spacial score (nSPS) is 18.9. The Kier molecular flexibility index (Phi) is 3.60. The molecule has 6 heteroatoms. The fourth-order valence-electron chi connectivity index (χ4n) is 2.56. The molecule has 0 N–H and O–H groups in total. The zero-order valence-corrected chi connectivity index (χ0v) is 11.4. The molecule has 1 aliphatic carbocycles. The van der Waals surface area contributed by atoms with Crippen molar-refractivity contribution in [1.29, 1.82) is 0 Å². The molecule has 0 bridgehead atoms. The smallest absolute Gasteiger partial charge is 0.420 e. The summed E-state index contributed by atoms with van der Waals surface area (Å²) in [5.74, 6) is -1.24. The lowest BCUT2D eigenvalue weighted by molar-refractivity contribution is -0.157. The van der Waals surface area contributed by atoms with E-state index in [1.54, 1.807) is 24.3 Å². The number of hydrogen-bond donors (Lipinski definition) is 0. The number of para-hydroxylation sites is 2. The number of Topliss-reactive ketones (excluding diaryl/α,β-unsaturated/α-hetero) is 1. The Hall–Kier alpha value is -2.37. The Labute approximate surface area is 120 Å². The van der Waals surface area contributed by atoms with Crippen molar-refractivity contribution >= 4 is 22.9 Å². The van der Waals surface area contributed by atoms with Crippen LogP contribution in [0.15, 0.2) is 33.5 Å². The van der Waals surface area contributed by atoms with Gasteiger partial charge in [0.15, 0.2) is 17.5 Å². The highest BCUT2D eigenvalue weighted by Gasteiger charge is 2.26. The lowest BCUT2D eigenvalue weighted by Gasteiger charge is -2.20. The molecule has 0 spiro atoms. The first-order valence-electron chi connectivity index (χ1n) is 6.96. The second-order valence-electron chi connectivity index (χ2n) is 5.11. The van der Waals surface area contributed by atoms with Crippen LogP contribution in [0.1, 0.15) is 25.7 Å². The van der Waals surface area contributed by atoms with Crippen LogP contribution in [0.25, 0.3) is 11.1 Å². The maximum absolute atomic E-state index is 11.9. The maximum Gasteiger partial charge on any atom is 0.420 e.